The van der Waals surface area contributed by atoms with Crippen LogP contribution in [0.3, 0.4) is 0 Å². The fraction of sp³-hybridized carbons (Fsp3) is 0.0179. The summed E-state index contributed by atoms with van der Waals surface area (Å²) in [5.74, 6) is 1.65. The highest BCUT2D eigenvalue weighted by atomic mass is 16.5. The molecule has 2 aliphatic heterocycles. The van der Waals surface area contributed by atoms with Gasteiger partial charge in [0.1, 0.15) is 0 Å². The summed E-state index contributed by atoms with van der Waals surface area (Å²) in [6, 6.07) is 74.9. The van der Waals surface area contributed by atoms with Gasteiger partial charge in [-0.15, -0.1) is 0 Å². The second kappa shape index (κ2) is 12.9. The first-order valence-electron chi connectivity index (χ1n) is 20.1. The van der Waals surface area contributed by atoms with E-state index in [9.17, 15) is 4.79 Å². The number of hydrogen-bond acceptors (Lipinski definition) is 3. The third kappa shape index (κ3) is 4.92. The Bertz CT molecular complexity index is 3040. The molecule has 0 aromatic heterocycles. The van der Waals surface area contributed by atoms with Gasteiger partial charge in [-0.05, 0) is 109 Å². The number of nitrogens with zero attached hydrogens (tertiary/aromatic N) is 1. The van der Waals surface area contributed by atoms with Gasteiger partial charge in [0, 0.05) is 11.1 Å². The van der Waals surface area contributed by atoms with E-state index in [0.29, 0.717) is 0 Å². The molecule has 0 bridgehead atoms. The summed E-state index contributed by atoms with van der Waals surface area (Å²) in [5.41, 5.74) is 17.2. The number of rotatable bonds is 4. The predicted octanol–water partition coefficient (Wildman–Crippen LogP) is 14.2. The number of fused-ring (bicyclic) bond motifs is 10. The van der Waals surface area contributed by atoms with E-state index in [2.05, 4.69) is 181 Å². The fourth-order valence-corrected chi connectivity index (χ4v) is 9.84. The smallest absolute Gasteiger partial charge is 0.193 e. The maximum absolute atomic E-state index is 14.2. The normalized spacial score (nSPS) is 13.7. The van der Waals surface area contributed by atoms with Crippen molar-refractivity contribution in [1.82, 2.24) is 0 Å². The quantitative estimate of drug-likeness (QED) is 0.179. The molecule has 2 heterocycles. The van der Waals surface area contributed by atoms with E-state index in [4.69, 9.17) is 4.74 Å². The SMILES string of the molecule is O=C1c2ccccc2C2(c3ccccc31)c1ccc(-c3ccc(-c4cc(-c5ccccc5)cc(-c5ccccc5)c4)cc3)cc1N1c3ccccc3Oc3cccc2c31. The lowest BCUT2D eigenvalue weighted by Gasteiger charge is -2.50. The van der Waals surface area contributed by atoms with Crippen LogP contribution in [-0.2, 0) is 5.41 Å². The molecule has 9 aromatic rings. The molecule has 12 rings (SSSR count). The molecular weight excluding hydrogens is 719 g/mol. The van der Waals surface area contributed by atoms with Crippen LogP contribution < -0.4 is 9.64 Å². The first kappa shape index (κ1) is 33.4. The Morgan fingerprint density at radius 2 is 0.814 bits per heavy atom. The second-order valence-electron chi connectivity index (χ2n) is 15.6. The van der Waals surface area contributed by atoms with Crippen LogP contribution in [0.1, 0.15) is 38.2 Å². The van der Waals surface area contributed by atoms with E-state index in [1.54, 1.807) is 0 Å². The predicted molar refractivity (Wildman–Crippen MR) is 238 cm³/mol. The third-order valence-corrected chi connectivity index (χ3v) is 12.4. The molecule has 59 heavy (non-hydrogen) atoms. The Balaban J connectivity index is 1.05. The molecule has 0 fully saturated rings. The molecule has 1 aliphatic carbocycles. The van der Waals surface area contributed by atoms with Gasteiger partial charge in [0.05, 0.1) is 22.5 Å². The number of ketones is 1. The van der Waals surface area contributed by atoms with Gasteiger partial charge < -0.3 is 9.64 Å². The van der Waals surface area contributed by atoms with Crippen molar-refractivity contribution in [3.05, 3.63) is 246 Å². The lowest BCUT2D eigenvalue weighted by molar-refractivity contribution is 0.103. The first-order valence-corrected chi connectivity index (χ1v) is 20.1. The summed E-state index contributed by atoms with van der Waals surface area (Å²) in [6.45, 7) is 0. The van der Waals surface area contributed by atoms with Crippen LogP contribution in [-0.4, -0.2) is 5.78 Å². The Kier molecular flexibility index (Phi) is 7.29. The van der Waals surface area contributed by atoms with Gasteiger partial charge in [0.2, 0.25) is 0 Å². The first-order chi connectivity index (χ1) is 29.2. The molecule has 1 spiro atoms. The van der Waals surface area contributed by atoms with E-state index in [1.807, 2.05) is 36.4 Å². The number of carbonyl (C=O) groups is 1. The molecule has 0 saturated heterocycles. The van der Waals surface area contributed by atoms with E-state index >= 15 is 0 Å². The Hall–Kier alpha value is -7.75. The standard InChI is InChI=1S/C56H35NO2/c58-55-44-18-7-9-20-46(44)56(47-21-10-8-19-45(47)55)48-31-30-40(35-51(48)57-50-23-11-12-24-52(50)59-53-25-13-22-49(56)54(53)57)38-26-28-39(29-27-38)43-33-41(36-14-3-1-4-15-36)32-42(34-43)37-16-5-2-6-17-37/h1-35H. The third-order valence-electron chi connectivity index (χ3n) is 12.4. The molecule has 0 amide bonds. The molecule has 3 nitrogen and oxygen atoms in total. The van der Waals surface area contributed by atoms with Crippen LogP contribution in [0.2, 0.25) is 0 Å². The molecule has 9 aromatic carbocycles. The topological polar surface area (TPSA) is 29.5 Å². The van der Waals surface area contributed by atoms with E-state index in [-0.39, 0.29) is 5.78 Å². The summed E-state index contributed by atoms with van der Waals surface area (Å²) in [7, 11) is 0. The average molecular weight is 754 g/mol. The summed E-state index contributed by atoms with van der Waals surface area (Å²) in [5, 5.41) is 0. The van der Waals surface area contributed by atoms with Crippen LogP contribution in [0.25, 0.3) is 44.5 Å². The molecule has 3 aliphatic rings. The van der Waals surface area contributed by atoms with Crippen molar-refractivity contribution >= 4 is 22.8 Å². The molecule has 3 heteroatoms. The summed E-state index contributed by atoms with van der Waals surface area (Å²) in [6.07, 6.45) is 0. The molecule has 276 valence electrons. The van der Waals surface area contributed by atoms with Crippen molar-refractivity contribution in [2.45, 2.75) is 5.41 Å². The van der Waals surface area contributed by atoms with Crippen LogP contribution in [0.4, 0.5) is 17.1 Å². The van der Waals surface area contributed by atoms with Crippen LogP contribution >= 0.6 is 0 Å². The van der Waals surface area contributed by atoms with E-state index in [1.165, 1.54) is 27.8 Å². The van der Waals surface area contributed by atoms with Crippen molar-refractivity contribution in [2.24, 2.45) is 0 Å². The molecule has 0 unspecified atom stereocenters. The van der Waals surface area contributed by atoms with Gasteiger partial charge in [0.15, 0.2) is 17.3 Å². The van der Waals surface area contributed by atoms with Gasteiger partial charge in [-0.3, -0.25) is 4.79 Å². The van der Waals surface area contributed by atoms with E-state index in [0.717, 1.165) is 78.6 Å². The Labute approximate surface area is 343 Å². The maximum Gasteiger partial charge on any atom is 0.193 e. The highest BCUT2D eigenvalue weighted by Gasteiger charge is 2.53. The van der Waals surface area contributed by atoms with Crippen LogP contribution in [0.15, 0.2) is 212 Å². The lowest BCUT2D eigenvalue weighted by atomic mass is 9.57. The Morgan fingerprint density at radius 3 is 1.44 bits per heavy atom. The maximum atomic E-state index is 14.2. The highest BCUT2D eigenvalue weighted by Crippen LogP contribution is 2.65. The van der Waals surface area contributed by atoms with Gasteiger partial charge in [-0.25, -0.2) is 0 Å². The monoisotopic (exact) mass is 753 g/mol. The summed E-state index contributed by atoms with van der Waals surface area (Å²) in [4.78, 5) is 16.6. The van der Waals surface area contributed by atoms with Crippen LogP contribution in [0, 0.1) is 0 Å². The lowest BCUT2D eigenvalue weighted by Crippen LogP contribution is -2.42. The Morgan fingerprint density at radius 1 is 0.339 bits per heavy atom. The summed E-state index contributed by atoms with van der Waals surface area (Å²) < 4.78 is 6.70. The molecule has 0 radical (unpaired) electrons. The molecule has 0 N–H and O–H groups in total. The minimum absolute atomic E-state index is 0.0547. The molecule has 0 atom stereocenters. The second-order valence-corrected chi connectivity index (χ2v) is 15.6. The van der Waals surface area contributed by atoms with Gasteiger partial charge in [-0.2, -0.15) is 0 Å². The van der Waals surface area contributed by atoms with Gasteiger partial charge in [-0.1, -0.05) is 170 Å². The number of ether oxygens (including phenoxy) is 1. The summed E-state index contributed by atoms with van der Waals surface area (Å²) >= 11 is 0. The average Bonchev–Trinajstić information content (AvgIpc) is 3.31. The van der Waals surface area contributed by atoms with Gasteiger partial charge in [0.25, 0.3) is 0 Å². The minimum Gasteiger partial charge on any atom is -0.453 e. The van der Waals surface area contributed by atoms with Crippen LogP contribution in [0.5, 0.6) is 11.5 Å². The number of hydrogen-bond donors (Lipinski definition) is 0. The molecular formula is C56H35NO2. The van der Waals surface area contributed by atoms with Crippen molar-refractivity contribution in [3.8, 4) is 56.0 Å². The fourth-order valence-electron chi connectivity index (χ4n) is 9.84. The highest BCUT2D eigenvalue weighted by molar-refractivity contribution is 6.15. The number of carbonyl (C=O) groups excluding carboxylic acids is 1. The molecule has 0 saturated carbocycles. The van der Waals surface area contributed by atoms with Crippen molar-refractivity contribution in [2.75, 3.05) is 4.90 Å². The van der Waals surface area contributed by atoms with E-state index < -0.39 is 5.41 Å². The number of benzene rings is 9. The number of para-hydroxylation sites is 3. The zero-order valence-electron chi connectivity index (χ0n) is 32.0. The van der Waals surface area contributed by atoms with Crippen molar-refractivity contribution < 1.29 is 9.53 Å². The largest absolute Gasteiger partial charge is 0.453 e. The number of anilines is 3. The zero-order chi connectivity index (χ0) is 39.1. The van der Waals surface area contributed by atoms with Crippen molar-refractivity contribution in [1.29, 1.82) is 0 Å². The van der Waals surface area contributed by atoms with Crippen molar-refractivity contribution in [3.63, 3.8) is 0 Å². The minimum atomic E-state index is -0.767. The zero-order valence-corrected chi connectivity index (χ0v) is 32.0. The van der Waals surface area contributed by atoms with Gasteiger partial charge >= 0.3 is 0 Å².